The van der Waals surface area contributed by atoms with Crippen LogP contribution in [0.25, 0.3) is 0 Å². The molecule has 0 saturated carbocycles. The Morgan fingerprint density at radius 3 is 2.16 bits per heavy atom. The maximum absolute atomic E-state index is 12.6. The van der Waals surface area contributed by atoms with Crippen LogP contribution in [0.3, 0.4) is 0 Å². The number of halogens is 1. The largest absolute Gasteiger partial charge is 0.348 e. The van der Waals surface area contributed by atoms with Crippen LogP contribution in [-0.2, 0) is 13.1 Å². The Hall–Kier alpha value is -2.99. The third-order valence-corrected chi connectivity index (χ3v) is 7.68. The molecule has 1 heterocycles. The highest BCUT2D eigenvalue weighted by molar-refractivity contribution is 7.09. The molecule has 0 unspecified atom stereocenters. The molecule has 1 N–H and O–H groups in total. The molecule has 1 aromatic heterocycles. The quantitative estimate of drug-likeness (QED) is 0.205. The highest BCUT2D eigenvalue weighted by Crippen LogP contribution is 2.29. The molecule has 4 aromatic rings. The lowest BCUT2D eigenvalue weighted by molar-refractivity contribution is 0.0934. The number of carbonyl (C=O) groups excluding carboxylic acids is 1. The lowest BCUT2D eigenvalue weighted by Gasteiger charge is -2.25. The zero-order chi connectivity index (χ0) is 26.0. The second-order valence-electron chi connectivity index (χ2n) is 9.41. The van der Waals surface area contributed by atoms with Crippen molar-refractivity contribution in [3.63, 3.8) is 0 Å². The second kappa shape index (κ2) is 13.5. The fraction of sp³-hybridized carbons (Fsp3) is 0.290. The van der Waals surface area contributed by atoms with Crippen molar-refractivity contribution in [2.45, 2.75) is 51.7 Å². The number of nitrogens with one attached hydrogen (secondary N) is 1. The van der Waals surface area contributed by atoms with Crippen LogP contribution in [0.1, 0.15) is 64.8 Å². The van der Waals surface area contributed by atoms with Crippen LogP contribution in [0, 0.1) is 0 Å². The van der Waals surface area contributed by atoms with E-state index >= 15 is 0 Å². The van der Waals surface area contributed by atoms with E-state index in [2.05, 4.69) is 94.9 Å². The molecule has 0 spiro atoms. The molecular formula is C31H34ClN3OS. The fourth-order valence-corrected chi connectivity index (χ4v) is 5.29. The van der Waals surface area contributed by atoms with Crippen molar-refractivity contribution in [2.75, 3.05) is 6.54 Å². The minimum absolute atomic E-state index is 0.102. The van der Waals surface area contributed by atoms with Crippen LogP contribution in [0.5, 0.6) is 0 Å². The number of nitrogens with zero attached hydrogens (tertiary/aromatic N) is 2. The molecule has 0 aliphatic carbocycles. The summed E-state index contributed by atoms with van der Waals surface area (Å²) >= 11 is 7.68. The monoisotopic (exact) mass is 531 g/mol. The molecular weight excluding hydrogens is 498 g/mol. The third kappa shape index (κ3) is 8.00. The van der Waals surface area contributed by atoms with Gasteiger partial charge in [0.1, 0.15) is 10.7 Å². The first-order chi connectivity index (χ1) is 18.0. The van der Waals surface area contributed by atoms with E-state index in [0.29, 0.717) is 18.2 Å². The molecule has 0 aliphatic rings. The maximum atomic E-state index is 12.6. The van der Waals surface area contributed by atoms with Crippen LogP contribution in [0.15, 0.2) is 90.3 Å². The molecule has 1 atom stereocenters. The van der Waals surface area contributed by atoms with E-state index in [1.807, 2.05) is 24.4 Å². The van der Waals surface area contributed by atoms with E-state index in [-0.39, 0.29) is 11.9 Å². The number of amides is 1. The van der Waals surface area contributed by atoms with Crippen molar-refractivity contribution >= 4 is 28.8 Å². The molecule has 4 rings (SSSR count). The summed E-state index contributed by atoms with van der Waals surface area (Å²) in [4.78, 5) is 19.7. The summed E-state index contributed by atoms with van der Waals surface area (Å²) in [6.45, 7) is 6.41. The number of hydrogen-bond acceptors (Lipinski definition) is 4. The molecule has 0 bridgehead atoms. The maximum Gasteiger partial charge on any atom is 0.270 e. The van der Waals surface area contributed by atoms with E-state index in [9.17, 15) is 4.79 Å². The van der Waals surface area contributed by atoms with E-state index in [4.69, 9.17) is 11.6 Å². The van der Waals surface area contributed by atoms with Crippen molar-refractivity contribution in [3.05, 3.63) is 123 Å². The Balaban J connectivity index is 1.52. The van der Waals surface area contributed by atoms with Crippen molar-refractivity contribution in [3.8, 4) is 0 Å². The van der Waals surface area contributed by atoms with Crippen molar-refractivity contribution < 1.29 is 4.79 Å². The van der Waals surface area contributed by atoms with E-state index < -0.39 is 0 Å². The van der Waals surface area contributed by atoms with Crippen molar-refractivity contribution in [1.82, 2.24) is 15.2 Å². The van der Waals surface area contributed by atoms with Crippen LogP contribution in [-0.4, -0.2) is 28.4 Å². The van der Waals surface area contributed by atoms with Gasteiger partial charge in [-0.3, -0.25) is 9.69 Å². The van der Waals surface area contributed by atoms with Gasteiger partial charge in [0.2, 0.25) is 0 Å². The lowest BCUT2D eigenvalue weighted by Crippen LogP contribution is -2.32. The Morgan fingerprint density at radius 2 is 1.57 bits per heavy atom. The van der Waals surface area contributed by atoms with Crippen LogP contribution in [0.2, 0.25) is 5.02 Å². The van der Waals surface area contributed by atoms with E-state index in [1.165, 1.54) is 16.7 Å². The summed E-state index contributed by atoms with van der Waals surface area (Å²) in [5.74, 6) is 0.192. The first kappa shape index (κ1) is 27.1. The van der Waals surface area contributed by atoms with Gasteiger partial charge in [0.25, 0.3) is 5.91 Å². The zero-order valence-corrected chi connectivity index (χ0v) is 23.0. The van der Waals surface area contributed by atoms with Crippen LogP contribution >= 0.6 is 22.9 Å². The number of thiazole rings is 1. The van der Waals surface area contributed by atoms with Gasteiger partial charge in [-0.15, -0.1) is 11.3 Å². The summed E-state index contributed by atoms with van der Waals surface area (Å²) in [6.07, 6.45) is 1.86. The summed E-state index contributed by atoms with van der Waals surface area (Å²) in [6, 6.07) is 29.6. The van der Waals surface area contributed by atoms with Gasteiger partial charge < -0.3 is 5.32 Å². The average Bonchev–Trinajstić information content (AvgIpc) is 3.40. The number of carbonyl (C=O) groups is 1. The molecule has 4 nitrogen and oxygen atoms in total. The summed E-state index contributed by atoms with van der Waals surface area (Å²) < 4.78 is 0. The van der Waals surface area contributed by atoms with Gasteiger partial charge in [-0.1, -0.05) is 91.3 Å². The Labute approximate surface area is 229 Å². The molecule has 6 heteroatoms. The highest BCUT2D eigenvalue weighted by Gasteiger charge is 2.19. The molecule has 0 aliphatic heterocycles. The average molecular weight is 532 g/mol. The highest BCUT2D eigenvalue weighted by atomic mass is 35.5. The predicted octanol–water partition coefficient (Wildman–Crippen LogP) is 7.55. The fourth-order valence-electron chi connectivity index (χ4n) is 4.35. The molecule has 3 aromatic carbocycles. The smallest absolute Gasteiger partial charge is 0.270 e. The lowest BCUT2D eigenvalue weighted by atomic mass is 9.88. The van der Waals surface area contributed by atoms with Crippen molar-refractivity contribution in [1.29, 1.82) is 0 Å². The van der Waals surface area contributed by atoms with E-state index in [0.717, 1.165) is 36.0 Å². The number of aromatic nitrogens is 1. The SMILES string of the molecule is CC[C@H](C)NC(=O)c1csc(CN(CCC(c2ccccc2)c2ccccc2)Cc2ccc(Cl)cc2)n1. The number of benzene rings is 3. The minimum atomic E-state index is -0.102. The number of hydrogen-bond donors (Lipinski definition) is 1. The molecule has 192 valence electrons. The topological polar surface area (TPSA) is 45.2 Å². The molecule has 0 fully saturated rings. The summed E-state index contributed by atoms with van der Waals surface area (Å²) in [7, 11) is 0. The van der Waals surface area contributed by atoms with Gasteiger partial charge in [0.15, 0.2) is 0 Å². The predicted molar refractivity (Wildman–Crippen MR) is 154 cm³/mol. The van der Waals surface area contributed by atoms with Gasteiger partial charge in [-0.05, 0) is 55.1 Å². The molecule has 0 radical (unpaired) electrons. The first-order valence-electron chi connectivity index (χ1n) is 12.8. The zero-order valence-electron chi connectivity index (χ0n) is 21.4. The summed E-state index contributed by atoms with van der Waals surface area (Å²) in [5, 5.41) is 6.56. The second-order valence-corrected chi connectivity index (χ2v) is 10.8. The standard InChI is InChI=1S/C31H34ClN3OS/c1-3-23(2)33-31(36)29-22-37-30(34-29)21-35(20-24-14-16-27(32)17-15-24)19-18-28(25-10-6-4-7-11-25)26-12-8-5-9-13-26/h4-17,22-23,28H,3,18-21H2,1-2H3,(H,33,36)/t23-/m0/s1. The number of rotatable bonds is 12. The Kier molecular flexibility index (Phi) is 9.89. The van der Waals surface area contributed by atoms with Gasteiger partial charge in [0, 0.05) is 28.9 Å². The Morgan fingerprint density at radius 1 is 0.946 bits per heavy atom. The van der Waals surface area contributed by atoms with Crippen LogP contribution in [0.4, 0.5) is 0 Å². The van der Waals surface area contributed by atoms with Gasteiger partial charge in [-0.2, -0.15) is 0 Å². The van der Waals surface area contributed by atoms with Gasteiger partial charge >= 0.3 is 0 Å². The Bertz CT molecular complexity index is 1200. The molecule has 37 heavy (non-hydrogen) atoms. The third-order valence-electron chi connectivity index (χ3n) is 6.59. The normalized spacial score (nSPS) is 12.1. The molecule has 0 saturated heterocycles. The minimum Gasteiger partial charge on any atom is -0.348 e. The van der Waals surface area contributed by atoms with Crippen LogP contribution < -0.4 is 5.32 Å². The van der Waals surface area contributed by atoms with Crippen molar-refractivity contribution in [2.24, 2.45) is 0 Å². The summed E-state index contributed by atoms with van der Waals surface area (Å²) in [5.41, 5.74) is 4.33. The van der Waals surface area contributed by atoms with Gasteiger partial charge in [0.05, 0.1) is 6.54 Å². The van der Waals surface area contributed by atoms with Gasteiger partial charge in [-0.25, -0.2) is 4.98 Å². The molecule has 1 amide bonds. The van der Waals surface area contributed by atoms with E-state index in [1.54, 1.807) is 11.3 Å². The first-order valence-corrected chi connectivity index (χ1v) is 14.1.